The largest absolute Gasteiger partial charge is 0.507 e. The van der Waals surface area contributed by atoms with Gasteiger partial charge in [-0.15, -0.1) is 0 Å². The van der Waals surface area contributed by atoms with E-state index in [9.17, 15) is 14.7 Å². The molecule has 2 aliphatic heterocycles. The van der Waals surface area contributed by atoms with Crippen molar-refractivity contribution in [3.63, 3.8) is 0 Å². The first-order valence-electron chi connectivity index (χ1n) is 10.9. The van der Waals surface area contributed by atoms with E-state index in [1.54, 1.807) is 61.5 Å². The molecule has 174 valence electrons. The molecule has 5 rings (SSSR count). The molecule has 1 fully saturated rings. The Morgan fingerprint density at radius 2 is 1.76 bits per heavy atom. The van der Waals surface area contributed by atoms with Gasteiger partial charge in [0.05, 0.1) is 11.7 Å². The van der Waals surface area contributed by atoms with E-state index in [0.29, 0.717) is 40.0 Å². The first kappa shape index (κ1) is 21.6. The Balaban J connectivity index is 1.62. The monoisotopic (exact) mass is 461 g/mol. The summed E-state index contributed by atoms with van der Waals surface area (Å²) in [6.45, 7) is 5.67. The summed E-state index contributed by atoms with van der Waals surface area (Å²) in [6.07, 6.45) is -0.00587. The van der Waals surface area contributed by atoms with Crippen molar-refractivity contribution in [2.75, 3.05) is 11.7 Å². The number of amides is 1. The smallest absolute Gasteiger partial charge is 0.300 e. The third-order valence-corrected chi connectivity index (χ3v) is 5.61. The maximum absolute atomic E-state index is 13.2. The topological polar surface area (TPSA) is 98.4 Å². The van der Waals surface area contributed by atoms with E-state index in [0.717, 1.165) is 0 Å². The third kappa shape index (κ3) is 3.67. The molecular weight excluding hydrogens is 438 g/mol. The fourth-order valence-electron chi connectivity index (χ4n) is 4.12. The van der Waals surface area contributed by atoms with E-state index in [2.05, 4.69) is 0 Å². The zero-order chi connectivity index (χ0) is 24.0. The zero-order valence-corrected chi connectivity index (χ0v) is 18.9. The van der Waals surface area contributed by atoms with Gasteiger partial charge in [0.15, 0.2) is 11.5 Å². The van der Waals surface area contributed by atoms with Gasteiger partial charge in [-0.1, -0.05) is 0 Å². The van der Waals surface area contributed by atoms with E-state index >= 15 is 0 Å². The molecule has 0 saturated carbocycles. The van der Waals surface area contributed by atoms with Crippen LogP contribution in [-0.2, 0) is 9.59 Å². The lowest BCUT2D eigenvalue weighted by Crippen LogP contribution is -2.29. The summed E-state index contributed by atoms with van der Waals surface area (Å²) in [6, 6.07) is 14.1. The first-order chi connectivity index (χ1) is 16.3. The number of aliphatic hydroxyl groups excluding tert-OH is 1. The number of ketones is 1. The number of aryl methyl sites for hydroxylation is 1. The molecule has 0 radical (unpaired) electrons. The van der Waals surface area contributed by atoms with E-state index in [1.807, 2.05) is 13.8 Å². The van der Waals surface area contributed by atoms with Crippen molar-refractivity contribution in [2.24, 2.45) is 0 Å². The number of ether oxygens (including phenoxy) is 3. The molecule has 1 saturated heterocycles. The molecule has 1 unspecified atom stereocenters. The van der Waals surface area contributed by atoms with Gasteiger partial charge in [-0.05, 0) is 69.3 Å². The van der Waals surface area contributed by atoms with Crippen LogP contribution in [0.2, 0.25) is 0 Å². The van der Waals surface area contributed by atoms with Crippen molar-refractivity contribution in [3.8, 4) is 17.2 Å². The fourth-order valence-corrected chi connectivity index (χ4v) is 4.12. The molecule has 2 aromatic carbocycles. The second kappa shape index (κ2) is 8.30. The van der Waals surface area contributed by atoms with Crippen molar-refractivity contribution in [1.29, 1.82) is 0 Å². The van der Waals surface area contributed by atoms with Gasteiger partial charge < -0.3 is 23.7 Å². The molecule has 8 nitrogen and oxygen atoms in total. The molecule has 0 bridgehead atoms. The summed E-state index contributed by atoms with van der Waals surface area (Å²) in [5.41, 5.74) is 0.743. The Morgan fingerprint density at radius 1 is 1.03 bits per heavy atom. The standard InChI is InChI=1S/C26H23NO7/c1-14(2)33-18-8-5-16(6-9-18)24(28)22-23(20-10-4-15(3)34-20)27(26(30)25(22)29)17-7-11-19-21(12-17)32-13-31-19/h4-12,14,23,28H,13H2,1-3H3/b24-22-. The molecule has 34 heavy (non-hydrogen) atoms. The average molecular weight is 461 g/mol. The number of hydrogen-bond acceptors (Lipinski definition) is 7. The fraction of sp³-hybridized carbons (Fsp3) is 0.231. The van der Waals surface area contributed by atoms with E-state index in [4.69, 9.17) is 18.6 Å². The minimum absolute atomic E-state index is 0.00587. The maximum Gasteiger partial charge on any atom is 0.300 e. The highest BCUT2D eigenvalue weighted by molar-refractivity contribution is 6.51. The van der Waals surface area contributed by atoms with Crippen LogP contribution in [0, 0.1) is 6.92 Å². The number of nitrogens with zero attached hydrogens (tertiary/aromatic N) is 1. The number of furan rings is 1. The Kier molecular flexibility index (Phi) is 5.28. The van der Waals surface area contributed by atoms with Gasteiger partial charge >= 0.3 is 0 Å². The van der Waals surface area contributed by atoms with Gasteiger partial charge in [0.2, 0.25) is 6.79 Å². The van der Waals surface area contributed by atoms with Crippen LogP contribution in [0.3, 0.4) is 0 Å². The van der Waals surface area contributed by atoms with Gasteiger partial charge in [-0.2, -0.15) is 0 Å². The normalized spacial score (nSPS) is 18.7. The molecule has 8 heteroatoms. The lowest BCUT2D eigenvalue weighted by Gasteiger charge is -2.23. The summed E-state index contributed by atoms with van der Waals surface area (Å²) in [7, 11) is 0. The van der Waals surface area contributed by atoms with Crippen LogP contribution in [0.5, 0.6) is 17.2 Å². The van der Waals surface area contributed by atoms with Crippen LogP contribution in [0.4, 0.5) is 5.69 Å². The van der Waals surface area contributed by atoms with Gasteiger partial charge in [-0.3, -0.25) is 14.5 Å². The Morgan fingerprint density at radius 3 is 2.44 bits per heavy atom. The molecule has 1 amide bonds. The second-order valence-corrected chi connectivity index (χ2v) is 8.35. The van der Waals surface area contributed by atoms with Gasteiger partial charge in [0.25, 0.3) is 11.7 Å². The van der Waals surface area contributed by atoms with Crippen LogP contribution >= 0.6 is 0 Å². The molecule has 0 aliphatic carbocycles. The lowest BCUT2D eigenvalue weighted by atomic mass is 9.99. The summed E-state index contributed by atoms with van der Waals surface area (Å²) < 4.78 is 22.3. The van der Waals surface area contributed by atoms with Crippen LogP contribution in [0.1, 0.15) is 37.0 Å². The Bertz CT molecular complexity index is 1300. The van der Waals surface area contributed by atoms with Crippen molar-refractivity contribution in [1.82, 2.24) is 0 Å². The molecule has 1 atom stereocenters. The van der Waals surface area contributed by atoms with Gasteiger partial charge in [0, 0.05) is 17.3 Å². The summed E-state index contributed by atoms with van der Waals surface area (Å²) in [4.78, 5) is 27.7. The number of benzene rings is 2. The Hall–Kier alpha value is -4.20. The number of aliphatic hydroxyl groups is 1. The average Bonchev–Trinajstić information content (AvgIpc) is 3.51. The summed E-state index contributed by atoms with van der Waals surface area (Å²) in [5, 5.41) is 11.2. The summed E-state index contributed by atoms with van der Waals surface area (Å²) in [5.74, 6) is 0.736. The predicted octanol–water partition coefficient (Wildman–Crippen LogP) is 4.73. The van der Waals surface area contributed by atoms with Crippen LogP contribution < -0.4 is 19.1 Å². The van der Waals surface area contributed by atoms with Crippen LogP contribution in [-0.4, -0.2) is 29.7 Å². The molecular formula is C26H23NO7. The highest BCUT2D eigenvalue weighted by atomic mass is 16.7. The number of rotatable bonds is 5. The summed E-state index contributed by atoms with van der Waals surface area (Å²) >= 11 is 0. The number of fused-ring (bicyclic) bond motifs is 1. The van der Waals surface area contributed by atoms with Crippen molar-refractivity contribution >= 4 is 23.1 Å². The zero-order valence-electron chi connectivity index (χ0n) is 18.9. The van der Waals surface area contributed by atoms with Crippen molar-refractivity contribution < 1.29 is 33.3 Å². The first-order valence-corrected chi connectivity index (χ1v) is 10.9. The van der Waals surface area contributed by atoms with Crippen molar-refractivity contribution in [3.05, 3.63) is 77.3 Å². The maximum atomic E-state index is 13.2. The molecule has 2 aliphatic rings. The second-order valence-electron chi connectivity index (χ2n) is 8.35. The van der Waals surface area contributed by atoms with E-state index < -0.39 is 17.7 Å². The number of carbonyl (C=O) groups is 2. The SMILES string of the molecule is Cc1ccc(C2/C(=C(/O)c3ccc(OC(C)C)cc3)C(=O)C(=O)N2c2ccc3c(c2)OCO3)o1. The molecule has 3 heterocycles. The third-order valence-electron chi connectivity index (χ3n) is 5.61. The van der Waals surface area contributed by atoms with Gasteiger partial charge in [0.1, 0.15) is 29.1 Å². The number of carbonyl (C=O) groups excluding carboxylic acids is 2. The minimum Gasteiger partial charge on any atom is -0.507 e. The van der Waals surface area contributed by atoms with Crippen molar-refractivity contribution in [2.45, 2.75) is 32.9 Å². The van der Waals surface area contributed by atoms with E-state index in [1.165, 1.54) is 4.90 Å². The lowest BCUT2D eigenvalue weighted by molar-refractivity contribution is -0.132. The number of anilines is 1. The Labute approximate surface area is 196 Å². The molecule has 1 aromatic heterocycles. The molecule has 3 aromatic rings. The highest BCUT2D eigenvalue weighted by Gasteiger charge is 2.48. The van der Waals surface area contributed by atoms with Gasteiger partial charge in [-0.25, -0.2) is 0 Å². The quantitative estimate of drug-likeness (QED) is 0.333. The predicted molar refractivity (Wildman–Crippen MR) is 123 cm³/mol. The van der Waals surface area contributed by atoms with Crippen LogP contribution in [0.15, 0.2) is 64.6 Å². The number of Topliss-reactive ketones (excluding diaryl/α,β-unsaturated/α-hetero) is 1. The highest BCUT2D eigenvalue weighted by Crippen LogP contribution is 2.45. The van der Waals surface area contributed by atoms with E-state index in [-0.39, 0.29) is 24.2 Å². The number of hydrogen-bond donors (Lipinski definition) is 1. The minimum atomic E-state index is -0.958. The molecule has 0 spiro atoms. The molecule has 1 N–H and O–H groups in total. The van der Waals surface area contributed by atoms with Crippen LogP contribution in [0.25, 0.3) is 5.76 Å².